The van der Waals surface area contributed by atoms with Crippen LogP contribution in [0.15, 0.2) is 34.2 Å². The van der Waals surface area contributed by atoms with Crippen LogP contribution in [0.1, 0.15) is 5.82 Å². The summed E-state index contributed by atoms with van der Waals surface area (Å²) in [5, 5.41) is 14.8. The van der Waals surface area contributed by atoms with Crippen LogP contribution < -0.4 is 0 Å². The molecule has 2 aromatic heterocycles. The van der Waals surface area contributed by atoms with E-state index in [0.29, 0.717) is 16.7 Å². The molecule has 1 aromatic carbocycles. The van der Waals surface area contributed by atoms with Crippen molar-refractivity contribution in [3.63, 3.8) is 0 Å². The van der Waals surface area contributed by atoms with E-state index in [4.69, 9.17) is 0 Å². The minimum absolute atomic E-state index is 0.0206. The van der Waals surface area contributed by atoms with E-state index in [1.807, 2.05) is 19.2 Å². The lowest BCUT2D eigenvalue weighted by Gasteiger charge is -2.07. The van der Waals surface area contributed by atoms with Crippen molar-refractivity contribution >= 4 is 38.6 Å². The van der Waals surface area contributed by atoms with Gasteiger partial charge in [-0.1, -0.05) is 0 Å². The summed E-state index contributed by atoms with van der Waals surface area (Å²) in [7, 11) is 1.83. The number of aromatic nitrogens is 5. The van der Waals surface area contributed by atoms with Crippen LogP contribution >= 0.6 is 27.7 Å². The highest BCUT2D eigenvalue weighted by atomic mass is 79.9. The number of hydrogen-bond acceptors (Lipinski definition) is 6. The summed E-state index contributed by atoms with van der Waals surface area (Å²) >= 11 is 4.97. The second-order valence-electron chi connectivity index (χ2n) is 4.09. The highest BCUT2D eigenvalue weighted by Crippen LogP contribution is 2.36. The van der Waals surface area contributed by atoms with Crippen LogP contribution in [0.2, 0.25) is 0 Å². The number of aromatic hydroxyl groups is 1. The van der Waals surface area contributed by atoms with Gasteiger partial charge in [-0.3, -0.25) is 4.68 Å². The molecule has 0 radical (unpaired) electrons. The minimum atomic E-state index is -0.0206. The summed E-state index contributed by atoms with van der Waals surface area (Å²) in [5.41, 5.74) is 0.691. The molecular formula is C12H10BrN5OS. The van der Waals surface area contributed by atoms with Crippen molar-refractivity contribution in [2.45, 2.75) is 10.6 Å². The Morgan fingerprint density at radius 3 is 2.90 bits per heavy atom. The molecule has 0 saturated carbocycles. The van der Waals surface area contributed by atoms with E-state index in [2.05, 4.69) is 36.0 Å². The largest absolute Gasteiger partial charge is 0.493 e. The smallest absolute Gasteiger partial charge is 0.223 e. The van der Waals surface area contributed by atoms with E-state index in [0.717, 1.165) is 15.2 Å². The summed E-state index contributed by atoms with van der Waals surface area (Å²) in [5.74, 6) is 1.34. The lowest BCUT2D eigenvalue weighted by atomic mass is 10.2. The molecule has 8 heteroatoms. The fourth-order valence-corrected chi connectivity index (χ4v) is 3.15. The van der Waals surface area contributed by atoms with Gasteiger partial charge >= 0.3 is 0 Å². The van der Waals surface area contributed by atoms with Gasteiger partial charge in [0.1, 0.15) is 12.7 Å². The Hall–Kier alpha value is -1.67. The predicted octanol–water partition coefficient (Wildman–Crippen LogP) is 2.52. The van der Waals surface area contributed by atoms with Crippen LogP contribution in [0.4, 0.5) is 0 Å². The van der Waals surface area contributed by atoms with Crippen LogP contribution in [0.25, 0.3) is 10.9 Å². The zero-order valence-corrected chi connectivity index (χ0v) is 12.9. The Bertz CT molecular complexity index is 776. The van der Waals surface area contributed by atoms with E-state index < -0.39 is 0 Å². The van der Waals surface area contributed by atoms with Gasteiger partial charge in [-0.05, 0) is 28.1 Å². The van der Waals surface area contributed by atoms with Crippen molar-refractivity contribution in [1.82, 2.24) is 24.7 Å². The number of benzene rings is 1. The number of thioether (sulfide) groups is 1. The van der Waals surface area contributed by atoms with Crippen molar-refractivity contribution in [3.05, 3.63) is 35.1 Å². The second-order valence-corrected chi connectivity index (χ2v) is 5.96. The van der Waals surface area contributed by atoms with Gasteiger partial charge in [-0.25, -0.2) is 15.0 Å². The molecule has 0 amide bonds. The van der Waals surface area contributed by atoms with Gasteiger partial charge < -0.3 is 5.11 Å². The van der Waals surface area contributed by atoms with Gasteiger partial charge in [0.05, 0.1) is 16.7 Å². The van der Waals surface area contributed by atoms with Gasteiger partial charge in [-0.2, -0.15) is 5.10 Å². The van der Waals surface area contributed by atoms with Crippen molar-refractivity contribution in [1.29, 1.82) is 0 Å². The molecule has 0 fully saturated rings. The topological polar surface area (TPSA) is 76.7 Å². The van der Waals surface area contributed by atoms with Crippen LogP contribution in [-0.4, -0.2) is 29.8 Å². The lowest BCUT2D eigenvalue weighted by Crippen LogP contribution is -1.91. The zero-order chi connectivity index (χ0) is 14.1. The van der Waals surface area contributed by atoms with E-state index in [9.17, 15) is 5.11 Å². The monoisotopic (exact) mass is 351 g/mol. The summed E-state index contributed by atoms with van der Waals surface area (Å²) in [4.78, 5) is 13.1. The molecular weight excluding hydrogens is 342 g/mol. The highest BCUT2D eigenvalue weighted by Gasteiger charge is 2.12. The fourth-order valence-electron chi connectivity index (χ4n) is 1.81. The van der Waals surface area contributed by atoms with Gasteiger partial charge in [0.25, 0.3) is 0 Å². The first-order chi connectivity index (χ1) is 9.65. The Balaban J connectivity index is 1.97. The van der Waals surface area contributed by atoms with E-state index in [-0.39, 0.29) is 5.88 Å². The predicted molar refractivity (Wildman–Crippen MR) is 79.5 cm³/mol. The zero-order valence-electron chi connectivity index (χ0n) is 10.5. The summed E-state index contributed by atoms with van der Waals surface area (Å²) in [6, 6.07) is 3.83. The van der Waals surface area contributed by atoms with E-state index in [1.54, 1.807) is 22.8 Å². The number of halogens is 1. The van der Waals surface area contributed by atoms with Crippen molar-refractivity contribution in [2.24, 2.45) is 7.05 Å². The SMILES string of the molecule is Cn1cnc(CSc2ccc(Br)c3ncnc(O)c23)n1. The Labute approximate surface area is 127 Å². The molecule has 0 atom stereocenters. The molecule has 20 heavy (non-hydrogen) atoms. The summed E-state index contributed by atoms with van der Waals surface area (Å²) < 4.78 is 2.49. The number of nitrogens with zero attached hydrogens (tertiary/aromatic N) is 5. The molecule has 1 N–H and O–H groups in total. The third-order valence-corrected chi connectivity index (χ3v) is 4.38. The third kappa shape index (κ3) is 2.48. The lowest BCUT2D eigenvalue weighted by molar-refractivity contribution is 0.458. The van der Waals surface area contributed by atoms with Gasteiger partial charge in [0.15, 0.2) is 5.82 Å². The summed E-state index contributed by atoms with van der Waals surface area (Å²) in [6.07, 6.45) is 3.01. The average Bonchev–Trinajstić information content (AvgIpc) is 2.85. The first kappa shape index (κ1) is 13.3. The Kier molecular flexibility index (Phi) is 3.58. The van der Waals surface area contributed by atoms with E-state index >= 15 is 0 Å². The van der Waals surface area contributed by atoms with Crippen LogP contribution in [-0.2, 0) is 12.8 Å². The van der Waals surface area contributed by atoms with Gasteiger partial charge in [-0.15, -0.1) is 11.8 Å². The molecule has 3 rings (SSSR count). The van der Waals surface area contributed by atoms with Gasteiger partial charge in [0.2, 0.25) is 5.88 Å². The maximum absolute atomic E-state index is 9.96. The Morgan fingerprint density at radius 2 is 2.15 bits per heavy atom. The molecule has 0 spiro atoms. The van der Waals surface area contributed by atoms with Crippen LogP contribution in [0.5, 0.6) is 5.88 Å². The standard InChI is InChI=1S/C12H10BrN5OS/c1-18-6-16-9(17-18)4-20-8-3-2-7(13)11-10(8)12(19)15-5-14-11/h2-3,5-6H,4H2,1H3,(H,14,15,19). The molecule has 0 aliphatic rings. The highest BCUT2D eigenvalue weighted by molar-refractivity contribution is 9.10. The minimum Gasteiger partial charge on any atom is -0.493 e. The number of fused-ring (bicyclic) bond motifs is 1. The number of hydrogen-bond donors (Lipinski definition) is 1. The normalized spacial score (nSPS) is 11.1. The first-order valence-corrected chi connectivity index (χ1v) is 7.52. The van der Waals surface area contributed by atoms with Crippen LogP contribution in [0.3, 0.4) is 0 Å². The fraction of sp³-hybridized carbons (Fsp3) is 0.167. The molecule has 0 bridgehead atoms. The average molecular weight is 352 g/mol. The molecule has 0 unspecified atom stereocenters. The molecule has 0 aliphatic heterocycles. The maximum atomic E-state index is 9.96. The van der Waals surface area contributed by atoms with Crippen molar-refractivity contribution in [2.75, 3.05) is 0 Å². The summed E-state index contributed by atoms with van der Waals surface area (Å²) in [6.45, 7) is 0. The maximum Gasteiger partial charge on any atom is 0.223 e. The molecule has 102 valence electrons. The third-order valence-electron chi connectivity index (χ3n) is 2.68. The van der Waals surface area contributed by atoms with Crippen LogP contribution in [0, 0.1) is 0 Å². The molecule has 3 aromatic rings. The number of rotatable bonds is 3. The van der Waals surface area contributed by atoms with Gasteiger partial charge in [0, 0.05) is 16.4 Å². The van der Waals surface area contributed by atoms with Crippen molar-refractivity contribution < 1.29 is 5.11 Å². The Morgan fingerprint density at radius 1 is 1.30 bits per heavy atom. The molecule has 0 aliphatic carbocycles. The van der Waals surface area contributed by atoms with Crippen molar-refractivity contribution in [3.8, 4) is 5.88 Å². The second kappa shape index (κ2) is 5.37. The molecule has 6 nitrogen and oxygen atoms in total. The first-order valence-electron chi connectivity index (χ1n) is 5.74. The quantitative estimate of drug-likeness (QED) is 0.730. The molecule has 2 heterocycles. The molecule has 0 saturated heterocycles. The van der Waals surface area contributed by atoms with E-state index in [1.165, 1.54) is 6.33 Å². The number of aryl methyl sites for hydroxylation is 1.